The Morgan fingerprint density at radius 1 is 0.925 bits per heavy atom. The smallest absolute Gasteiger partial charge is 0.339 e. The first kappa shape index (κ1) is 26.6. The van der Waals surface area contributed by atoms with Crippen LogP contribution in [0.5, 0.6) is 0 Å². The fourth-order valence-electron chi connectivity index (χ4n) is 4.41. The van der Waals surface area contributed by atoms with Crippen molar-refractivity contribution in [2.24, 2.45) is 7.05 Å². The lowest BCUT2D eigenvalue weighted by molar-refractivity contribution is -0.137. The normalized spacial score (nSPS) is 11.4. The third-order valence-electron chi connectivity index (χ3n) is 6.62. The van der Waals surface area contributed by atoms with Crippen molar-refractivity contribution in [3.8, 4) is 11.1 Å². The van der Waals surface area contributed by atoms with E-state index in [1.807, 2.05) is 26.0 Å². The van der Waals surface area contributed by atoms with Gasteiger partial charge in [-0.25, -0.2) is 4.98 Å². The van der Waals surface area contributed by atoms with E-state index < -0.39 is 17.6 Å². The maximum absolute atomic E-state index is 13.5. The van der Waals surface area contributed by atoms with Crippen molar-refractivity contribution in [3.63, 3.8) is 0 Å². The number of alkyl halides is 3. The molecule has 0 unspecified atom stereocenters. The van der Waals surface area contributed by atoms with E-state index in [4.69, 9.17) is 0 Å². The SMILES string of the molecule is Cc1ccc(NC(=O)c2cccc(C(F)(F)F)c2)cc1-c1cc2cnc(Nc3cccnc3C)cc2n(C)c1=O. The number of hydrogen-bond acceptors (Lipinski definition) is 5. The number of aryl methyl sites for hydroxylation is 3. The number of amides is 1. The molecule has 0 atom stereocenters. The van der Waals surface area contributed by atoms with E-state index >= 15 is 0 Å². The minimum absolute atomic E-state index is 0.129. The van der Waals surface area contributed by atoms with E-state index in [-0.39, 0.29) is 11.1 Å². The maximum Gasteiger partial charge on any atom is 0.416 e. The Morgan fingerprint density at radius 3 is 2.48 bits per heavy atom. The van der Waals surface area contributed by atoms with Gasteiger partial charge in [-0.15, -0.1) is 0 Å². The van der Waals surface area contributed by atoms with Gasteiger partial charge in [-0.2, -0.15) is 13.2 Å². The van der Waals surface area contributed by atoms with Crippen LogP contribution in [0.15, 0.2) is 83.9 Å². The molecule has 5 rings (SSSR count). The van der Waals surface area contributed by atoms with Gasteiger partial charge in [0.2, 0.25) is 0 Å². The molecule has 2 aromatic carbocycles. The Kier molecular flexibility index (Phi) is 6.85. The molecule has 0 aliphatic heterocycles. The van der Waals surface area contributed by atoms with Crippen molar-refractivity contribution in [1.82, 2.24) is 14.5 Å². The molecule has 0 fully saturated rings. The molecule has 3 aromatic heterocycles. The number of benzene rings is 2. The number of hydrogen-bond donors (Lipinski definition) is 2. The van der Waals surface area contributed by atoms with Crippen molar-refractivity contribution < 1.29 is 18.0 Å². The fraction of sp³-hybridized carbons (Fsp3) is 0.133. The summed E-state index contributed by atoms with van der Waals surface area (Å²) in [6.07, 6.45) is -1.19. The zero-order chi connectivity index (χ0) is 28.6. The van der Waals surface area contributed by atoms with E-state index in [1.54, 1.807) is 49.8 Å². The van der Waals surface area contributed by atoms with Gasteiger partial charge in [0.15, 0.2) is 0 Å². The van der Waals surface area contributed by atoms with E-state index in [9.17, 15) is 22.8 Å². The number of carbonyl (C=O) groups is 1. The van der Waals surface area contributed by atoms with Crippen LogP contribution in [0.4, 0.5) is 30.4 Å². The van der Waals surface area contributed by atoms with E-state index in [2.05, 4.69) is 20.6 Å². The molecule has 5 aromatic rings. The van der Waals surface area contributed by atoms with Gasteiger partial charge >= 0.3 is 6.18 Å². The van der Waals surface area contributed by atoms with Gasteiger partial charge in [0, 0.05) is 47.7 Å². The van der Waals surface area contributed by atoms with Gasteiger partial charge in [-0.3, -0.25) is 14.6 Å². The average molecular weight is 544 g/mol. The van der Waals surface area contributed by atoms with Crippen LogP contribution in [0, 0.1) is 13.8 Å². The quantitative estimate of drug-likeness (QED) is 0.260. The second-order valence-electron chi connectivity index (χ2n) is 9.37. The lowest BCUT2D eigenvalue weighted by Crippen LogP contribution is -2.19. The van der Waals surface area contributed by atoms with E-state index in [0.717, 1.165) is 34.5 Å². The molecule has 0 aliphatic carbocycles. The lowest BCUT2D eigenvalue weighted by Gasteiger charge is -2.14. The summed E-state index contributed by atoms with van der Waals surface area (Å²) in [5, 5.41) is 6.59. The predicted octanol–water partition coefficient (Wildman–Crippen LogP) is 6.63. The first-order valence-corrected chi connectivity index (χ1v) is 12.3. The molecule has 0 aliphatic rings. The summed E-state index contributed by atoms with van der Waals surface area (Å²) < 4.78 is 40.8. The molecule has 0 saturated carbocycles. The highest BCUT2D eigenvalue weighted by Gasteiger charge is 2.31. The Labute approximate surface area is 227 Å². The summed E-state index contributed by atoms with van der Waals surface area (Å²) in [7, 11) is 1.67. The molecule has 0 bridgehead atoms. The van der Waals surface area contributed by atoms with Crippen molar-refractivity contribution in [2.45, 2.75) is 20.0 Å². The molecule has 1 amide bonds. The Bertz CT molecular complexity index is 1830. The molecule has 0 spiro atoms. The number of pyridine rings is 3. The van der Waals surface area contributed by atoms with Gasteiger partial charge in [0.25, 0.3) is 11.5 Å². The first-order valence-electron chi connectivity index (χ1n) is 12.3. The van der Waals surface area contributed by atoms with Crippen LogP contribution in [-0.4, -0.2) is 20.4 Å². The highest BCUT2D eigenvalue weighted by atomic mass is 19.4. The van der Waals surface area contributed by atoms with Crippen LogP contribution in [-0.2, 0) is 13.2 Å². The summed E-state index contributed by atoms with van der Waals surface area (Å²) in [5.74, 6) is -0.137. The summed E-state index contributed by atoms with van der Waals surface area (Å²) in [6, 6.07) is 16.4. The van der Waals surface area contributed by atoms with Gasteiger partial charge in [-0.05, 0) is 73.5 Å². The third-order valence-corrected chi connectivity index (χ3v) is 6.62. The lowest BCUT2D eigenvalue weighted by atomic mass is 9.99. The number of fused-ring (bicyclic) bond motifs is 1. The molecular formula is C30H24F3N5O2. The topological polar surface area (TPSA) is 88.9 Å². The summed E-state index contributed by atoms with van der Waals surface area (Å²) in [5.41, 5.74) is 3.08. The van der Waals surface area contributed by atoms with E-state index in [1.165, 1.54) is 16.7 Å². The monoisotopic (exact) mass is 543 g/mol. The number of anilines is 3. The molecule has 202 valence electrons. The number of carbonyl (C=O) groups excluding carboxylic acids is 1. The second-order valence-corrected chi connectivity index (χ2v) is 9.37. The van der Waals surface area contributed by atoms with Crippen molar-refractivity contribution >= 4 is 34.0 Å². The maximum atomic E-state index is 13.5. The number of rotatable bonds is 5. The Hall–Kier alpha value is -4.99. The van der Waals surface area contributed by atoms with Gasteiger partial charge in [-0.1, -0.05) is 12.1 Å². The molecule has 7 nitrogen and oxygen atoms in total. The number of nitrogens with zero attached hydrogens (tertiary/aromatic N) is 3. The minimum atomic E-state index is -4.56. The number of aromatic nitrogens is 3. The largest absolute Gasteiger partial charge is 0.416 e. The number of nitrogens with one attached hydrogen (secondary N) is 2. The Morgan fingerprint density at radius 2 is 1.73 bits per heavy atom. The van der Waals surface area contributed by atoms with Crippen LogP contribution in [0.1, 0.15) is 27.2 Å². The van der Waals surface area contributed by atoms with Crippen LogP contribution >= 0.6 is 0 Å². The summed E-state index contributed by atoms with van der Waals surface area (Å²) in [4.78, 5) is 35.0. The van der Waals surface area contributed by atoms with Crippen molar-refractivity contribution in [2.75, 3.05) is 10.6 Å². The van der Waals surface area contributed by atoms with Crippen LogP contribution in [0.3, 0.4) is 0 Å². The molecule has 2 N–H and O–H groups in total. The molecule has 40 heavy (non-hydrogen) atoms. The van der Waals surface area contributed by atoms with E-state index in [0.29, 0.717) is 28.1 Å². The molecular weight excluding hydrogens is 519 g/mol. The molecule has 3 heterocycles. The molecule has 10 heteroatoms. The highest BCUT2D eigenvalue weighted by Crippen LogP contribution is 2.31. The molecule has 0 radical (unpaired) electrons. The first-order chi connectivity index (χ1) is 19.0. The minimum Gasteiger partial charge on any atom is -0.339 e. The van der Waals surface area contributed by atoms with Gasteiger partial charge in [0.1, 0.15) is 5.82 Å². The fourth-order valence-corrected chi connectivity index (χ4v) is 4.41. The third kappa shape index (κ3) is 5.28. The van der Waals surface area contributed by atoms with Crippen LogP contribution in [0.25, 0.3) is 22.0 Å². The van der Waals surface area contributed by atoms with Gasteiger partial charge < -0.3 is 15.2 Å². The summed E-state index contributed by atoms with van der Waals surface area (Å²) >= 11 is 0. The standard InChI is InChI=1S/C30H24F3N5O2/c1-17-9-10-22(36-28(39)19-6-4-7-21(12-19)30(31,32)33)14-23(17)24-13-20-16-35-27(15-26(20)38(3)29(24)40)37-25-8-5-11-34-18(25)2/h4-16H,1-3H3,(H,35,37)(H,36,39). The molecule has 0 saturated heterocycles. The zero-order valence-corrected chi connectivity index (χ0v) is 21.8. The summed E-state index contributed by atoms with van der Waals surface area (Å²) in [6.45, 7) is 3.71. The highest BCUT2D eigenvalue weighted by molar-refractivity contribution is 6.04. The van der Waals surface area contributed by atoms with Crippen LogP contribution < -0.4 is 16.2 Å². The van der Waals surface area contributed by atoms with Crippen LogP contribution in [0.2, 0.25) is 0 Å². The number of halogens is 3. The predicted molar refractivity (Wildman–Crippen MR) is 149 cm³/mol. The Balaban J connectivity index is 1.48. The van der Waals surface area contributed by atoms with Crippen molar-refractivity contribution in [1.29, 1.82) is 0 Å². The van der Waals surface area contributed by atoms with Gasteiger partial charge in [0.05, 0.1) is 22.5 Å². The zero-order valence-electron chi connectivity index (χ0n) is 21.8. The second kappa shape index (κ2) is 10.3. The average Bonchev–Trinajstić information content (AvgIpc) is 2.93. The van der Waals surface area contributed by atoms with Crippen molar-refractivity contribution in [3.05, 3.63) is 112 Å².